The molecular formula is C14H21NO5. The maximum absolute atomic E-state index is 12.1. The number of likely N-dealkylation sites (tertiary alicyclic amines) is 1. The number of ether oxygens (including phenoxy) is 1. The van der Waals surface area contributed by atoms with Gasteiger partial charge < -0.3 is 9.84 Å². The van der Waals surface area contributed by atoms with E-state index in [1.807, 2.05) is 0 Å². The lowest BCUT2D eigenvalue weighted by atomic mass is 9.67. The third-order valence-corrected chi connectivity index (χ3v) is 4.25. The van der Waals surface area contributed by atoms with E-state index in [9.17, 15) is 14.4 Å². The van der Waals surface area contributed by atoms with Gasteiger partial charge in [-0.2, -0.15) is 0 Å². The molecule has 6 nitrogen and oxygen atoms in total. The van der Waals surface area contributed by atoms with Crippen molar-refractivity contribution in [3.8, 4) is 0 Å². The average molecular weight is 283 g/mol. The smallest absolute Gasteiger partial charge is 0.329 e. The zero-order chi connectivity index (χ0) is 14.6. The second kappa shape index (κ2) is 6.35. The largest absolute Gasteiger partial charge is 0.480 e. The molecule has 0 bridgehead atoms. The minimum absolute atomic E-state index is 0.0801. The normalized spacial score (nSPS) is 22.3. The van der Waals surface area contributed by atoms with E-state index < -0.39 is 12.6 Å². The zero-order valence-corrected chi connectivity index (χ0v) is 11.6. The van der Waals surface area contributed by atoms with Gasteiger partial charge in [-0.05, 0) is 18.3 Å². The third-order valence-electron chi connectivity index (χ3n) is 4.25. The molecule has 0 radical (unpaired) electrons. The number of carbonyl (C=O) groups is 3. The first-order valence-corrected chi connectivity index (χ1v) is 7.15. The van der Waals surface area contributed by atoms with Gasteiger partial charge in [0.15, 0.2) is 0 Å². The van der Waals surface area contributed by atoms with Gasteiger partial charge in [-0.25, -0.2) is 4.79 Å². The number of amides is 2. The molecule has 0 aromatic rings. The van der Waals surface area contributed by atoms with E-state index in [4.69, 9.17) is 9.84 Å². The molecule has 2 aliphatic rings. The van der Waals surface area contributed by atoms with E-state index in [0.717, 1.165) is 25.7 Å². The van der Waals surface area contributed by atoms with Crippen molar-refractivity contribution in [2.75, 3.05) is 19.8 Å². The molecule has 1 N–H and O–H groups in total. The molecule has 1 spiro atoms. The summed E-state index contributed by atoms with van der Waals surface area (Å²) in [4.78, 5) is 35.8. The van der Waals surface area contributed by atoms with Crippen molar-refractivity contribution in [1.29, 1.82) is 0 Å². The first kappa shape index (κ1) is 15.0. The van der Waals surface area contributed by atoms with Crippen molar-refractivity contribution in [2.24, 2.45) is 5.41 Å². The van der Waals surface area contributed by atoms with Crippen LogP contribution in [0, 0.1) is 5.41 Å². The van der Waals surface area contributed by atoms with Crippen molar-refractivity contribution in [3.63, 3.8) is 0 Å². The fourth-order valence-electron chi connectivity index (χ4n) is 3.25. The molecule has 112 valence electrons. The monoisotopic (exact) mass is 283 g/mol. The number of carboxylic acids is 1. The summed E-state index contributed by atoms with van der Waals surface area (Å²) in [6.45, 7) is -0.169. The average Bonchev–Trinajstić information content (AvgIpc) is 2.37. The first-order chi connectivity index (χ1) is 9.52. The van der Waals surface area contributed by atoms with E-state index in [0.29, 0.717) is 12.8 Å². The molecule has 1 heterocycles. The summed E-state index contributed by atoms with van der Waals surface area (Å²) in [5.41, 5.74) is -0.106. The van der Waals surface area contributed by atoms with Crippen molar-refractivity contribution < 1.29 is 24.2 Å². The van der Waals surface area contributed by atoms with E-state index in [-0.39, 0.29) is 30.4 Å². The number of hydrogen-bond donors (Lipinski definition) is 1. The maximum Gasteiger partial charge on any atom is 0.329 e. The Labute approximate surface area is 118 Å². The van der Waals surface area contributed by atoms with Crippen molar-refractivity contribution in [1.82, 2.24) is 4.90 Å². The topological polar surface area (TPSA) is 83.9 Å². The zero-order valence-electron chi connectivity index (χ0n) is 11.6. The maximum atomic E-state index is 12.1. The van der Waals surface area contributed by atoms with E-state index in [2.05, 4.69) is 0 Å². The van der Waals surface area contributed by atoms with Gasteiger partial charge in [0.1, 0.15) is 6.61 Å². The van der Waals surface area contributed by atoms with Crippen LogP contribution in [0.1, 0.15) is 44.9 Å². The van der Waals surface area contributed by atoms with Crippen LogP contribution in [0.5, 0.6) is 0 Å². The Morgan fingerprint density at radius 2 is 1.75 bits per heavy atom. The van der Waals surface area contributed by atoms with Crippen LogP contribution in [-0.4, -0.2) is 47.5 Å². The van der Waals surface area contributed by atoms with Crippen molar-refractivity contribution >= 4 is 17.8 Å². The van der Waals surface area contributed by atoms with Gasteiger partial charge in [0.25, 0.3) is 0 Å². The molecule has 0 unspecified atom stereocenters. The standard InChI is InChI=1S/C14H21NO5/c16-11-8-14(4-2-1-3-5-14)9-12(17)15(11)6-7-20-10-13(18)19/h1-10H2,(H,18,19). The number of carbonyl (C=O) groups excluding carboxylic acids is 2. The molecule has 2 fully saturated rings. The summed E-state index contributed by atoms with van der Waals surface area (Å²) in [6, 6.07) is 0. The lowest BCUT2D eigenvalue weighted by Crippen LogP contribution is -2.49. The predicted molar refractivity (Wildman–Crippen MR) is 69.9 cm³/mol. The van der Waals surface area contributed by atoms with Gasteiger partial charge >= 0.3 is 5.97 Å². The quantitative estimate of drug-likeness (QED) is 0.605. The third kappa shape index (κ3) is 3.56. The van der Waals surface area contributed by atoms with E-state index in [1.54, 1.807) is 0 Å². The van der Waals surface area contributed by atoms with Crippen LogP contribution in [0.4, 0.5) is 0 Å². The van der Waals surface area contributed by atoms with Crippen LogP contribution >= 0.6 is 0 Å². The molecule has 1 saturated carbocycles. The Morgan fingerprint density at radius 3 is 2.30 bits per heavy atom. The summed E-state index contributed by atoms with van der Waals surface area (Å²) in [7, 11) is 0. The van der Waals surface area contributed by atoms with E-state index in [1.165, 1.54) is 11.3 Å². The number of aliphatic carboxylic acids is 1. The fourth-order valence-corrected chi connectivity index (χ4v) is 3.25. The molecule has 1 aliphatic heterocycles. The van der Waals surface area contributed by atoms with Crippen LogP contribution < -0.4 is 0 Å². The van der Waals surface area contributed by atoms with Crippen LogP contribution in [-0.2, 0) is 19.1 Å². The van der Waals surface area contributed by atoms with Crippen LogP contribution in [0.25, 0.3) is 0 Å². The Balaban J connectivity index is 1.85. The molecular weight excluding hydrogens is 262 g/mol. The Hall–Kier alpha value is -1.43. The van der Waals surface area contributed by atoms with Gasteiger partial charge in [-0.15, -0.1) is 0 Å². The van der Waals surface area contributed by atoms with Crippen LogP contribution in [0.2, 0.25) is 0 Å². The minimum Gasteiger partial charge on any atom is -0.480 e. The van der Waals surface area contributed by atoms with Crippen molar-refractivity contribution in [2.45, 2.75) is 44.9 Å². The van der Waals surface area contributed by atoms with Gasteiger partial charge in [0, 0.05) is 12.8 Å². The molecule has 0 aromatic heterocycles. The molecule has 1 saturated heterocycles. The van der Waals surface area contributed by atoms with Crippen molar-refractivity contribution in [3.05, 3.63) is 0 Å². The highest BCUT2D eigenvalue weighted by Crippen LogP contribution is 2.45. The fraction of sp³-hybridized carbons (Fsp3) is 0.786. The van der Waals surface area contributed by atoms with Crippen LogP contribution in [0.3, 0.4) is 0 Å². The van der Waals surface area contributed by atoms with Gasteiger partial charge in [-0.3, -0.25) is 14.5 Å². The molecule has 0 atom stereocenters. The Morgan fingerprint density at radius 1 is 1.15 bits per heavy atom. The molecule has 1 aliphatic carbocycles. The SMILES string of the molecule is O=C(O)COCCN1C(=O)CC2(CCCCC2)CC1=O. The summed E-state index contributed by atoms with van der Waals surface area (Å²) in [5.74, 6) is -1.33. The lowest BCUT2D eigenvalue weighted by Gasteiger charge is -2.42. The highest BCUT2D eigenvalue weighted by molar-refractivity contribution is 5.98. The molecule has 2 rings (SSSR count). The van der Waals surface area contributed by atoms with Gasteiger partial charge in [-0.1, -0.05) is 19.3 Å². The predicted octanol–water partition coefficient (Wildman–Crippen LogP) is 1.19. The summed E-state index contributed by atoms with van der Waals surface area (Å²) in [6.07, 6.45) is 6.21. The van der Waals surface area contributed by atoms with E-state index >= 15 is 0 Å². The van der Waals surface area contributed by atoms with Gasteiger partial charge in [0.05, 0.1) is 13.2 Å². The molecule has 2 amide bonds. The molecule has 0 aromatic carbocycles. The second-order valence-electron chi connectivity index (χ2n) is 5.80. The number of hydrogen-bond acceptors (Lipinski definition) is 4. The summed E-state index contributed by atoms with van der Waals surface area (Å²) < 4.78 is 4.89. The Kier molecular flexibility index (Phi) is 4.75. The first-order valence-electron chi connectivity index (χ1n) is 7.15. The lowest BCUT2D eigenvalue weighted by molar-refractivity contribution is -0.155. The number of imide groups is 1. The Bertz CT molecular complexity index is 380. The number of carboxylic acid groups (broad SMARTS) is 1. The summed E-state index contributed by atoms with van der Waals surface area (Å²) >= 11 is 0. The number of nitrogens with zero attached hydrogens (tertiary/aromatic N) is 1. The minimum atomic E-state index is -1.05. The summed E-state index contributed by atoms with van der Waals surface area (Å²) in [5, 5.41) is 8.45. The highest BCUT2D eigenvalue weighted by Gasteiger charge is 2.43. The number of piperidine rings is 1. The number of rotatable bonds is 5. The second-order valence-corrected chi connectivity index (χ2v) is 5.80. The van der Waals surface area contributed by atoms with Gasteiger partial charge in [0.2, 0.25) is 11.8 Å². The molecule has 6 heteroatoms. The molecule has 20 heavy (non-hydrogen) atoms. The van der Waals surface area contributed by atoms with Crippen LogP contribution in [0.15, 0.2) is 0 Å². The highest BCUT2D eigenvalue weighted by atomic mass is 16.5.